The molecule has 1 atom stereocenters. The van der Waals surface area contributed by atoms with Crippen LogP contribution in [-0.2, 0) is 55.9 Å². The smallest absolute Gasteiger partial charge is 0.255 e. The first-order valence-electron chi connectivity index (χ1n) is 20.7. The van der Waals surface area contributed by atoms with Gasteiger partial charge in [0.1, 0.15) is 11.9 Å². The minimum Gasteiger partial charge on any atom is -0.387 e. The standard InChI is InChI=1S/C45H54N8O10/c1-31-23-34-7-8-35(27-37(34)51-39(46)24-31)44(58)50-36-25-33(28-47-30-36)29-49-45(59)38(26-32-5-3-2-4-6-32)52-41(55)12-15-60-17-19-62-21-22-63-20-18-61-16-13-48-40(54)11-14-53-42(56)9-10-43(53)57/h2-10,23,25,27-28,30,38H,11-22,24,26,29H2,1H3,(H2,46,51)(H,48,54)(H,49,59)(H,50,58)(H,52,55). The van der Waals surface area contributed by atoms with Crippen LogP contribution < -0.4 is 27.0 Å². The lowest BCUT2D eigenvalue weighted by Crippen LogP contribution is -2.48. The molecule has 1 aromatic heterocycles. The molecule has 6 amide bonds. The van der Waals surface area contributed by atoms with E-state index in [1.807, 2.05) is 49.4 Å². The van der Waals surface area contributed by atoms with Gasteiger partial charge in [0.2, 0.25) is 17.7 Å². The van der Waals surface area contributed by atoms with E-state index in [0.717, 1.165) is 21.6 Å². The summed E-state index contributed by atoms with van der Waals surface area (Å²) >= 11 is 0. The monoisotopic (exact) mass is 866 g/mol. The van der Waals surface area contributed by atoms with Gasteiger partial charge in [-0.05, 0) is 36.2 Å². The second-order valence-corrected chi connectivity index (χ2v) is 14.6. The van der Waals surface area contributed by atoms with Crippen molar-refractivity contribution in [3.05, 3.63) is 107 Å². The lowest BCUT2D eigenvalue weighted by Gasteiger charge is -2.19. The van der Waals surface area contributed by atoms with Crippen LogP contribution in [0.3, 0.4) is 0 Å². The molecule has 6 N–H and O–H groups in total. The fraction of sp³-hybridized carbons (Fsp3) is 0.378. The second kappa shape index (κ2) is 25.4. The fourth-order valence-corrected chi connectivity index (χ4v) is 6.34. The maximum Gasteiger partial charge on any atom is 0.255 e. The summed E-state index contributed by atoms with van der Waals surface area (Å²) in [7, 11) is 0. The molecule has 3 heterocycles. The molecule has 334 valence electrons. The van der Waals surface area contributed by atoms with Crippen LogP contribution in [0.4, 0.5) is 11.4 Å². The fourth-order valence-electron chi connectivity index (χ4n) is 6.34. The molecule has 2 aromatic carbocycles. The van der Waals surface area contributed by atoms with Crippen molar-refractivity contribution in [3.8, 4) is 0 Å². The van der Waals surface area contributed by atoms with E-state index in [1.54, 1.807) is 24.4 Å². The first-order valence-corrected chi connectivity index (χ1v) is 20.7. The largest absolute Gasteiger partial charge is 0.387 e. The van der Waals surface area contributed by atoms with Gasteiger partial charge in [-0.1, -0.05) is 48.0 Å². The minimum atomic E-state index is -0.857. The van der Waals surface area contributed by atoms with Crippen molar-refractivity contribution in [2.24, 2.45) is 10.7 Å². The number of carbonyl (C=O) groups is 6. The van der Waals surface area contributed by atoms with E-state index >= 15 is 0 Å². The van der Waals surface area contributed by atoms with Crippen molar-refractivity contribution < 1.29 is 47.7 Å². The lowest BCUT2D eigenvalue weighted by molar-refractivity contribution is -0.137. The van der Waals surface area contributed by atoms with Gasteiger partial charge in [0.25, 0.3) is 17.7 Å². The molecule has 0 bridgehead atoms. The maximum absolute atomic E-state index is 13.4. The van der Waals surface area contributed by atoms with Gasteiger partial charge in [0, 0.05) is 74.8 Å². The van der Waals surface area contributed by atoms with Gasteiger partial charge in [-0.15, -0.1) is 0 Å². The summed E-state index contributed by atoms with van der Waals surface area (Å²) in [6, 6.07) is 15.5. The van der Waals surface area contributed by atoms with Gasteiger partial charge in [-0.2, -0.15) is 0 Å². The molecule has 0 spiro atoms. The highest BCUT2D eigenvalue weighted by Gasteiger charge is 2.24. The van der Waals surface area contributed by atoms with Gasteiger partial charge in [0.05, 0.1) is 70.4 Å². The average molecular weight is 867 g/mol. The number of hydrogen-bond acceptors (Lipinski definition) is 13. The SMILES string of the molecule is CC1=Cc2ccc(C(=O)Nc3cncc(CNC(=O)C(Cc4ccccc4)NC(=O)CCOCCOCCOCCOCCNC(=O)CCN4C(=O)C=CC4=O)c3)cc2N=C(N)C1. The molecular weight excluding hydrogens is 813 g/mol. The minimum absolute atomic E-state index is 0.0199. The van der Waals surface area contributed by atoms with Gasteiger partial charge in [0.15, 0.2) is 0 Å². The Morgan fingerprint density at radius 3 is 2.17 bits per heavy atom. The highest BCUT2D eigenvalue weighted by molar-refractivity contribution is 6.13. The molecule has 0 fully saturated rings. The molecule has 3 aromatic rings. The van der Waals surface area contributed by atoms with Gasteiger partial charge >= 0.3 is 0 Å². The number of nitrogens with one attached hydrogen (secondary N) is 4. The number of nitrogens with two attached hydrogens (primary N) is 1. The van der Waals surface area contributed by atoms with Gasteiger partial charge in [-0.25, -0.2) is 4.99 Å². The van der Waals surface area contributed by atoms with Crippen molar-refractivity contribution in [3.63, 3.8) is 0 Å². The number of amidine groups is 1. The van der Waals surface area contributed by atoms with Gasteiger partial charge in [-0.3, -0.25) is 38.7 Å². The average Bonchev–Trinajstić information content (AvgIpc) is 3.50. The topological polar surface area (TPSA) is 242 Å². The molecule has 1 unspecified atom stereocenters. The van der Waals surface area contributed by atoms with Gasteiger partial charge < -0.3 is 45.9 Å². The maximum atomic E-state index is 13.4. The van der Waals surface area contributed by atoms with Crippen LogP contribution in [0, 0.1) is 0 Å². The van der Waals surface area contributed by atoms with Crippen molar-refractivity contribution in [2.75, 3.05) is 71.3 Å². The zero-order chi connectivity index (χ0) is 44.8. The predicted molar refractivity (Wildman–Crippen MR) is 233 cm³/mol. The summed E-state index contributed by atoms with van der Waals surface area (Å²) in [4.78, 5) is 84.2. The van der Waals surface area contributed by atoms with E-state index in [4.69, 9.17) is 24.7 Å². The van der Waals surface area contributed by atoms with Crippen molar-refractivity contribution in [1.29, 1.82) is 0 Å². The number of anilines is 1. The van der Waals surface area contributed by atoms with Crippen LogP contribution in [0.1, 0.15) is 53.2 Å². The zero-order valence-electron chi connectivity index (χ0n) is 35.3. The van der Waals surface area contributed by atoms with E-state index in [-0.39, 0.29) is 82.3 Å². The molecule has 2 aliphatic heterocycles. The predicted octanol–water partition coefficient (Wildman–Crippen LogP) is 2.36. The molecule has 0 aliphatic carbocycles. The van der Waals surface area contributed by atoms with E-state index in [9.17, 15) is 28.8 Å². The number of pyridine rings is 1. The molecule has 18 heteroatoms. The molecule has 5 rings (SSSR count). The molecule has 2 aliphatic rings. The van der Waals surface area contributed by atoms with Crippen LogP contribution in [0.25, 0.3) is 6.08 Å². The Kier molecular flexibility index (Phi) is 19.1. The van der Waals surface area contributed by atoms with E-state index in [0.29, 0.717) is 67.8 Å². The highest BCUT2D eigenvalue weighted by atomic mass is 16.6. The first-order chi connectivity index (χ1) is 30.5. The zero-order valence-corrected chi connectivity index (χ0v) is 35.3. The second-order valence-electron chi connectivity index (χ2n) is 14.6. The Bertz CT molecular complexity index is 2140. The Morgan fingerprint density at radius 2 is 1.46 bits per heavy atom. The molecule has 63 heavy (non-hydrogen) atoms. The van der Waals surface area contributed by atoms with E-state index in [2.05, 4.69) is 31.2 Å². The number of nitrogens with zero attached hydrogens (tertiary/aromatic N) is 3. The lowest BCUT2D eigenvalue weighted by atomic mass is 10.0. The molecule has 0 saturated carbocycles. The number of amides is 6. The summed E-state index contributed by atoms with van der Waals surface area (Å²) in [6.45, 7) is 4.72. The van der Waals surface area contributed by atoms with Crippen LogP contribution in [0.15, 0.2) is 89.7 Å². The number of hydrogen-bond donors (Lipinski definition) is 5. The molecular formula is C45H54N8O10. The van der Waals surface area contributed by atoms with Crippen molar-refractivity contribution in [2.45, 2.75) is 45.2 Å². The van der Waals surface area contributed by atoms with E-state index < -0.39 is 17.9 Å². The quantitative estimate of drug-likeness (QED) is 0.0577. The first kappa shape index (κ1) is 47.4. The third-order valence-corrected chi connectivity index (χ3v) is 9.49. The van der Waals surface area contributed by atoms with E-state index in [1.165, 1.54) is 18.3 Å². The molecule has 0 saturated heterocycles. The van der Waals surface area contributed by atoms with Crippen LogP contribution in [0.2, 0.25) is 0 Å². The number of aromatic nitrogens is 1. The molecule has 0 radical (unpaired) electrons. The summed E-state index contributed by atoms with van der Waals surface area (Å²) in [5.74, 6) is -1.73. The number of fused-ring (bicyclic) bond motifs is 1. The van der Waals surface area contributed by atoms with Crippen molar-refractivity contribution in [1.82, 2.24) is 25.8 Å². The Morgan fingerprint density at radius 1 is 0.778 bits per heavy atom. The molecule has 18 nitrogen and oxygen atoms in total. The summed E-state index contributed by atoms with van der Waals surface area (Å²) in [5, 5.41) is 11.2. The summed E-state index contributed by atoms with van der Waals surface area (Å²) < 4.78 is 22.0. The normalized spacial score (nSPS) is 13.7. The van der Waals surface area contributed by atoms with Crippen LogP contribution >= 0.6 is 0 Å². The number of carbonyl (C=O) groups excluding carboxylic acids is 6. The third kappa shape index (κ3) is 16.7. The van der Waals surface area contributed by atoms with Crippen LogP contribution in [-0.4, -0.2) is 123 Å². The van der Waals surface area contributed by atoms with Crippen molar-refractivity contribution >= 4 is 58.7 Å². The van der Waals surface area contributed by atoms with Crippen LogP contribution in [0.5, 0.6) is 0 Å². The Labute approximate surface area is 365 Å². The Balaban J connectivity index is 0.933. The summed E-state index contributed by atoms with van der Waals surface area (Å²) in [6.07, 6.45) is 8.35. The number of ether oxygens (including phenoxy) is 4. The number of benzene rings is 2. The number of aliphatic imine (C=N–C) groups is 1. The summed E-state index contributed by atoms with van der Waals surface area (Å²) in [5.41, 5.74) is 11.0. The number of rotatable bonds is 26. The third-order valence-electron chi connectivity index (χ3n) is 9.49. The highest BCUT2D eigenvalue weighted by Crippen LogP contribution is 2.28. The Hall–Kier alpha value is -6.60. The number of imide groups is 1.